The quantitative estimate of drug-likeness (QED) is 0.164. The zero-order chi connectivity index (χ0) is 39.6. The van der Waals surface area contributed by atoms with Gasteiger partial charge in [-0.1, -0.05) is 76.2 Å². The first-order valence-electron chi connectivity index (χ1n) is 18.1. The Morgan fingerprint density at radius 1 is 0.722 bits per heavy atom. The molecule has 1 heterocycles. The normalized spacial score (nSPS) is 20.6. The Bertz CT molecular complexity index is 1840. The molecule has 6 N–H and O–H groups in total. The molecule has 1 aliphatic rings. The second-order valence-electron chi connectivity index (χ2n) is 14.9. The third-order valence-corrected chi connectivity index (χ3v) is 9.07. The van der Waals surface area contributed by atoms with E-state index in [1.807, 2.05) is 53.7 Å². The number of fused-ring (bicyclic) bond motifs is 1. The van der Waals surface area contributed by atoms with Crippen LogP contribution < -0.4 is 31.3 Å². The summed E-state index contributed by atoms with van der Waals surface area (Å²) in [5, 5.41) is 23.0. The van der Waals surface area contributed by atoms with Crippen molar-refractivity contribution in [3.05, 3.63) is 94.5 Å². The molecule has 1 aliphatic heterocycles. The van der Waals surface area contributed by atoms with Crippen LogP contribution in [0.4, 0.5) is 0 Å². The molecule has 0 saturated carbocycles. The largest absolute Gasteiger partial charge is 0.508 e. The lowest BCUT2D eigenvalue weighted by molar-refractivity contribution is -0.140. The number of benzene rings is 3. The van der Waals surface area contributed by atoms with Gasteiger partial charge in [0.2, 0.25) is 29.5 Å². The fraction of sp³-hybridized carbons (Fsp3) is 0.415. The van der Waals surface area contributed by atoms with Crippen LogP contribution in [0, 0.1) is 19.8 Å². The highest BCUT2D eigenvalue weighted by molar-refractivity contribution is 5.94. The molecular formula is C41H51N5O8. The average molecular weight is 742 g/mol. The van der Waals surface area contributed by atoms with E-state index in [1.165, 1.54) is 12.1 Å². The van der Waals surface area contributed by atoms with E-state index in [4.69, 9.17) is 4.74 Å². The molecule has 0 saturated heterocycles. The summed E-state index contributed by atoms with van der Waals surface area (Å²) in [5.74, 6) is -3.54. The van der Waals surface area contributed by atoms with Crippen molar-refractivity contribution >= 4 is 35.5 Å². The number of hydrogen-bond acceptors (Lipinski definition) is 8. The summed E-state index contributed by atoms with van der Waals surface area (Å²) in [5.41, 5.74) is 2.67. The Morgan fingerprint density at radius 2 is 1.31 bits per heavy atom. The number of phenolic OH excluding ortho intramolecular Hbond substituents is 1. The Hall–Kier alpha value is -5.72. The van der Waals surface area contributed by atoms with Crippen molar-refractivity contribution in [2.24, 2.45) is 5.92 Å². The first-order chi connectivity index (χ1) is 25.5. The van der Waals surface area contributed by atoms with Crippen LogP contribution in [0.25, 0.3) is 0 Å². The van der Waals surface area contributed by atoms with Crippen molar-refractivity contribution in [3.8, 4) is 11.5 Å². The minimum Gasteiger partial charge on any atom is -0.508 e. The van der Waals surface area contributed by atoms with Crippen molar-refractivity contribution in [1.82, 2.24) is 26.6 Å². The Morgan fingerprint density at radius 3 is 1.96 bits per heavy atom. The van der Waals surface area contributed by atoms with Crippen LogP contribution in [0.2, 0.25) is 0 Å². The number of phenols is 1. The standard InChI is InChI=1S/C41H51N5O8/c1-24(2)16-32-40(53)54-33-18-25(3)17-26(4)37(33)41(5,6)21-34(48)44-30(20-28-12-14-29(47)15-13-28)38(51)43-22-35(49)42-23-36(50)45-31(39(52)46-32)19-27-10-8-7-9-11-27/h7-15,17-18,24,30-32,47H,16,19-23H2,1-6H3,(H,42,49)(H,43,51)(H,44,48)(H,45,50)(H,46,52)/t30?,31-,32?/m0/s1. The molecule has 0 radical (unpaired) electrons. The molecule has 288 valence electrons. The minimum atomic E-state index is -1.11. The maximum absolute atomic E-state index is 14.0. The maximum Gasteiger partial charge on any atom is 0.334 e. The highest BCUT2D eigenvalue weighted by atomic mass is 16.5. The molecule has 13 nitrogen and oxygen atoms in total. The summed E-state index contributed by atoms with van der Waals surface area (Å²) in [6.07, 6.45) is 0.283. The first kappa shape index (κ1) is 41.0. The number of carbonyl (C=O) groups is 6. The van der Waals surface area contributed by atoms with Gasteiger partial charge in [0, 0.05) is 30.2 Å². The highest BCUT2D eigenvalue weighted by Gasteiger charge is 2.34. The SMILES string of the molecule is Cc1cc(C)c2c(c1)OC(=O)C(CC(C)C)NC(=O)[C@H](Cc1ccccc1)NC(=O)CNC(=O)CNC(=O)C(Cc1ccc(O)cc1)NC(=O)CC2(C)C. The van der Waals surface area contributed by atoms with E-state index >= 15 is 0 Å². The van der Waals surface area contributed by atoms with Gasteiger partial charge >= 0.3 is 5.97 Å². The van der Waals surface area contributed by atoms with Crippen LogP contribution in [-0.2, 0) is 47.0 Å². The lowest BCUT2D eigenvalue weighted by Gasteiger charge is -2.30. The summed E-state index contributed by atoms with van der Waals surface area (Å²) in [7, 11) is 0. The van der Waals surface area contributed by atoms with Crippen molar-refractivity contribution in [2.75, 3.05) is 13.1 Å². The Labute approximate surface area is 316 Å². The summed E-state index contributed by atoms with van der Waals surface area (Å²) in [4.78, 5) is 80.9. The summed E-state index contributed by atoms with van der Waals surface area (Å²) in [6, 6.07) is 15.6. The first-order valence-corrected chi connectivity index (χ1v) is 18.1. The lowest BCUT2D eigenvalue weighted by Crippen LogP contribution is -2.55. The average Bonchev–Trinajstić information content (AvgIpc) is 3.08. The Balaban J connectivity index is 1.73. The van der Waals surface area contributed by atoms with Crippen LogP contribution in [0.3, 0.4) is 0 Å². The van der Waals surface area contributed by atoms with E-state index in [-0.39, 0.29) is 43.1 Å². The van der Waals surface area contributed by atoms with Gasteiger partial charge in [-0.15, -0.1) is 0 Å². The van der Waals surface area contributed by atoms with Gasteiger partial charge in [0.25, 0.3) is 0 Å². The number of aryl methyl sites for hydroxylation is 2. The van der Waals surface area contributed by atoms with Crippen LogP contribution in [-0.4, -0.2) is 71.8 Å². The number of ether oxygens (including phenoxy) is 1. The molecule has 4 rings (SSSR count). The zero-order valence-electron chi connectivity index (χ0n) is 31.7. The molecule has 0 spiro atoms. The predicted molar refractivity (Wildman–Crippen MR) is 202 cm³/mol. The molecule has 13 heteroatoms. The zero-order valence-corrected chi connectivity index (χ0v) is 31.7. The number of carbonyl (C=O) groups excluding carboxylic acids is 6. The van der Waals surface area contributed by atoms with Gasteiger partial charge < -0.3 is 36.4 Å². The number of amides is 5. The van der Waals surface area contributed by atoms with Crippen molar-refractivity contribution in [3.63, 3.8) is 0 Å². The van der Waals surface area contributed by atoms with Gasteiger partial charge in [-0.25, -0.2) is 4.79 Å². The fourth-order valence-electron chi connectivity index (χ4n) is 6.66. The number of hydrogen-bond donors (Lipinski definition) is 6. The minimum absolute atomic E-state index is 0.0283. The van der Waals surface area contributed by atoms with Crippen molar-refractivity contribution in [1.29, 1.82) is 0 Å². The molecule has 0 fully saturated rings. The molecule has 3 aromatic carbocycles. The van der Waals surface area contributed by atoms with E-state index < -0.39 is 72.1 Å². The second kappa shape index (κ2) is 18.4. The molecule has 54 heavy (non-hydrogen) atoms. The summed E-state index contributed by atoms with van der Waals surface area (Å²) >= 11 is 0. The lowest BCUT2D eigenvalue weighted by atomic mass is 9.78. The van der Waals surface area contributed by atoms with Gasteiger partial charge in [-0.3, -0.25) is 24.0 Å². The number of rotatable bonds is 6. The third-order valence-electron chi connectivity index (χ3n) is 9.07. The fourth-order valence-corrected chi connectivity index (χ4v) is 6.66. The summed E-state index contributed by atoms with van der Waals surface area (Å²) in [6.45, 7) is 10.2. The second-order valence-corrected chi connectivity index (χ2v) is 14.9. The molecule has 0 bridgehead atoms. The molecule has 3 atom stereocenters. The van der Waals surface area contributed by atoms with E-state index in [0.29, 0.717) is 11.1 Å². The van der Waals surface area contributed by atoms with E-state index in [0.717, 1.165) is 16.7 Å². The maximum atomic E-state index is 14.0. The molecule has 5 amide bonds. The Kier molecular flexibility index (Phi) is 13.9. The van der Waals surface area contributed by atoms with Crippen LogP contribution in [0.1, 0.15) is 68.4 Å². The predicted octanol–water partition coefficient (Wildman–Crippen LogP) is 2.81. The van der Waals surface area contributed by atoms with Crippen molar-refractivity contribution < 1.29 is 38.6 Å². The van der Waals surface area contributed by atoms with Gasteiger partial charge in [0.15, 0.2) is 0 Å². The highest BCUT2D eigenvalue weighted by Crippen LogP contribution is 2.38. The van der Waals surface area contributed by atoms with Gasteiger partial charge in [0.05, 0.1) is 13.1 Å². The summed E-state index contributed by atoms with van der Waals surface area (Å²) < 4.78 is 6.10. The van der Waals surface area contributed by atoms with Crippen LogP contribution in [0.5, 0.6) is 11.5 Å². The van der Waals surface area contributed by atoms with Gasteiger partial charge in [-0.2, -0.15) is 0 Å². The molecule has 0 aromatic heterocycles. The topological polar surface area (TPSA) is 192 Å². The van der Waals surface area contributed by atoms with Crippen molar-refractivity contribution in [2.45, 2.75) is 90.8 Å². The van der Waals surface area contributed by atoms with Gasteiger partial charge in [-0.05, 0) is 66.6 Å². The van der Waals surface area contributed by atoms with Crippen LogP contribution >= 0.6 is 0 Å². The van der Waals surface area contributed by atoms with Crippen LogP contribution in [0.15, 0.2) is 66.7 Å². The number of esters is 1. The van der Waals surface area contributed by atoms with E-state index in [2.05, 4.69) is 26.6 Å². The van der Waals surface area contributed by atoms with E-state index in [1.54, 1.807) is 42.5 Å². The molecule has 2 unspecified atom stereocenters. The molecule has 0 aliphatic carbocycles. The molecule has 3 aromatic rings. The molecular weight excluding hydrogens is 690 g/mol. The van der Waals surface area contributed by atoms with Gasteiger partial charge in [0.1, 0.15) is 29.6 Å². The number of aromatic hydroxyl groups is 1. The number of nitrogens with one attached hydrogen (secondary N) is 5. The van der Waals surface area contributed by atoms with E-state index in [9.17, 15) is 33.9 Å². The third kappa shape index (κ3) is 11.9. The monoisotopic (exact) mass is 741 g/mol. The smallest absolute Gasteiger partial charge is 0.334 e.